The normalized spacial score (nSPS) is 31.1. The molecule has 118 valence electrons. The van der Waals surface area contributed by atoms with E-state index in [1.165, 1.54) is 6.07 Å². The van der Waals surface area contributed by atoms with Gasteiger partial charge in [-0.2, -0.15) is 0 Å². The van der Waals surface area contributed by atoms with Gasteiger partial charge in [0.15, 0.2) is 6.29 Å². The Morgan fingerprint density at radius 1 is 1.29 bits per heavy atom. The lowest BCUT2D eigenvalue weighted by molar-refractivity contribution is -0.310. The molecule has 7 heteroatoms. The van der Waals surface area contributed by atoms with Crippen LogP contribution in [0, 0.1) is 12.7 Å². The maximum atomic E-state index is 13.6. The van der Waals surface area contributed by atoms with Crippen LogP contribution in [-0.2, 0) is 9.47 Å². The summed E-state index contributed by atoms with van der Waals surface area (Å²) in [6, 6.07) is 4.37. The summed E-state index contributed by atoms with van der Waals surface area (Å²) in [6.45, 7) is 0.499. The van der Waals surface area contributed by atoms with Crippen molar-refractivity contribution < 1.29 is 34.3 Å². The van der Waals surface area contributed by atoms with Gasteiger partial charge in [-0.25, -0.2) is 4.39 Å². The molecule has 0 radical (unpaired) electrons. The van der Waals surface area contributed by atoms with Crippen molar-refractivity contribution in [2.75, 3.05) is 13.2 Å². The lowest BCUT2D eigenvalue weighted by atomic mass is 10.0. The molecule has 2 rings (SSSR count). The molecule has 0 spiro atoms. The highest BCUT2D eigenvalue weighted by Crippen LogP contribution is 2.32. The van der Waals surface area contributed by atoms with Crippen molar-refractivity contribution in [3.05, 3.63) is 35.1 Å². The highest BCUT2D eigenvalue weighted by molar-refractivity contribution is 5.24. The summed E-state index contributed by atoms with van der Waals surface area (Å²) < 4.78 is 24.4. The molecule has 6 nitrogen and oxygen atoms in total. The minimum atomic E-state index is -1.34. The SMILES string of the molecule is Cc1ccc(C2OC([C@H](O)CO)[C@H](O)[C@H](CO)O2)cc1F. The van der Waals surface area contributed by atoms with Gasteiger partial charge in [-0.3, -0.25) is 0 Å². The van der Waals surface area contributed by atoms with E-state index in [2.05, 4.69) is 0 Å². The smallest absolute Gasteiger partial charge is 0.185 e. The lowest BCUT2D eigenvalue weighted by Gasteiger charge is -2.40. The minimum absolute atomic E-state index is 0.360. The van der Waals surface area contributed by atoms with Crippen molar-refractivity contribution in [3.8, 4) is 0 Å². The molecule has 0 bridgehead atoms. The predicted octanol–water partition coefficient (Wildman–Crippen LogP) is -0.377. The first-order chi connectivity index (χ1) is 9.97. The van der Waals surface area contributed by atoms with Crippen LogP contribution in [0.5, 0.6) is 0 Å². The maximum Gasteiger partial charge on any atom is 0.185 e. The number of hydrogen-bond acceptors (Lipinski definition) is 6. The first-order valence-corrected chi connectivity index (χ1v) is 6.62. The van der Waals surface area contributed by atoms with E-state index in [4.69, 9.17) is 14.6 Å². The Morgan fingerprint density at radius 2 is 2.00 bits per heavy atom. The topological polar surface area (TPSA) is 99.4 Å². The highest BCUT2D eigenvalue weighted by atomic mass is 19.1. The van der Waals surface area contributed by atoms with Crippen molar-refractivity contribution in [3.63, 3.8) is 0 Å². The number of aliphatic hydroxyl groups is 4. The average molecular weight is 302 g/mol. The lowest BCUT2D eigenvalue weighted by Crippen LogP contribution is -2.54. The van der Waals surface area contributed by atoms with E-state index < -0.39 is 49.7 Å². The Labute approximate surface area is 121 Å². The molecule has 1 fully saturated rings. The molecule has 1 aromatic rings. The second-order valence-corrected chi connectivity index (χ2v) is 5.04. The van der Waals surface area contributed by atoms with Gasteiger partial charge in [-0.05, 0) is 18.6 Å². The second-order valence-electron chi connectivity index (χ2n) is 5.04. The van der Waals surface area contributed by atoms with E-state index in [-0.39, 0.29) is 0 Å². The Balaban J connectivity index is 2.24. The van der Waals surface area contributed by atoms with Gasteiger partial charge < -0.3 is 29.9 Å². The summed E-state index contributed by atoms with van der Waals surface area (Å²) >= 11 is 0. The maximum absolute atomic E-state index is 13.6. The van der Waals surface area contributed by atoms with Crippen molar-refractivity contribution in [2.24, 2.45) is 0 Å². The van der Waals surface area contributed by atoms with Crippen LogP contribution in [0.25, 0.3) is 0 Å². The zero-order valence-electron chi connectivity index (χ0n) is 11.5. The summed E-state index contributed by atoms with van der Waals surface area (Å²) in [4.78, 5) is 0. The van der Waals surface area contributed by atoms with Crippen LogP contribution in [0.2, 0.25) is 0 Å². The van der Waals surface area contributed by atoms with Crippen LogP contribution in [0.3, 0.4) is 0 Å². The zero-order valence-corrected chi connectivity index (χ0v) is 11.5. The van der Waals surface area contributed by atoms with Gasteiger partial charge in [0.25, 0.3) is 0 Å². The molecule has 0 saturated carbocycles. The first kappa shape index (κ1) is 16.3. The Morgan fingerprint density at radius 3 is 2.57 bits per heavy atom. The number of aryl methyl sites for hydroxylation is 1. The third-order valence-corrected chi connectivity index (χ3v) is 3.51. The van der Waals surface area contributed by atoms with E-state index >= 15 is 0 Å². The molecule has 2 unspecified atom stereocenters. The van der Waals surface area contributed by atoms with Crippen LogP contribution in [0.1, 0.15) is 17.4 Å². The van der Waals surface area contributed by atoms with Crippen LogP contribution < -0.4 is 0 Å². The molecule has 0 aromatic heterocycles. The number of ether oxygens (including phenoxy) is 2. The Kier molecular flexibility index (Phi) is 5.26. The van der Waals surface area contributed by atoms with Crippen LogP contribution in [0.15, 0.2) is 18.2 Å². The second kappa shape index (κ2) is 6.78. The number of rotatable bonds is 4. The fourth-order valence-corrected chi connectivity index (χ4v) is 2.19. The average Bonchev–Trinajstić information content (AvgIpc) is 2.49. The molecule has 21 heavy (non-hydrogen) atoms. The monoisotopic (exact) mass is 302 g/mol. The van der Waals surface area contributed by atoms with Gasteiger partial charge in [-0.1, -0.05) is 12.1 Å². The fourth-order valence-electron chi connectivity index (χ4n) is 2.19. The number of halogens is 1. The van der Waals surface area contributed by atoms with Gasteiger partial charge >= 0.3 is 0 Å². The minimum Gasteiger partial charge on any atom is -0.394 e. The molecule has 1 saturated heterocycles. The summed E-state index contributed by atoms with van der Waals surface area (Å²) in [5, 5.41) is 37.9. The van der Waals surface area contributed by atoms with Crippen molar-refractivity contribution >= 4 is 0 Å². The summed E-state index contributed by atoms with van der Waals surface area (Å²) in [6.07, 6.45) is -5.83. The number of aliphatic hydroxyl groups excluding tert-OH is 4. The predicted molar refractivity (Wildman–Crippen MR) is 69.8 cm³/mol. The fraction of sp³-hybridized carbons (Fsp3) is 0.571. The van der Waals surface area contributed by atoms with E-state index in [1.54, 1.807) is 19.1 Å². The summed E-state index contributed by atoms with van der Waals surface area (Å²) in [5.74, 6) is -0.439. The van der Waals surface area contributed by atoms with Crippen molar-refractivity contribution in [1.82, 2.24) is 0 Å². The molecule has 1 aliphatic heterocycles. The zero-order chi connectivity index (χ0) is 15.6. The van der Waals surface area contributed by atoms with Crippen LogP contribution in [-0.4, -0.2) is 58.1 Å². The number of benzene rings is 1. The quantitative estimate of drug-likeness (QED) is 0.605. The third-order valence-electron chi connectivity index (χ3n) is 3.51. The van der Waals surface area contributed by atoms with Gasteiger partial charge in [0.1, 0.15) is 30.2 Å². The highest BCUT2D eigenvalue weighted by Gasteiger charge is 2.42. The molecule has 1 aliphatic rings. The largest absolute Gasteiger partial charge is 0.394 e. The molecule has 5 atom stereocenters. The molecule has 0 aliphatic carbocycles. The molecule has 1 heterocycles. The summed E-state index contributed by atoms with van der Waals surface area (Å²) in [5.41, 5.74) is 0.818. The molecular formula is C14H19FO6. The van der Waals surface area contributed by atoms with Gasteiger partial charge in [0, 0.05) is 5.56 Å². The molecular weight excluding hydrogens is 283 g/mol. The molecule has 4 N–H and O–H groups in total. The van der Waals surface area contributed by atoms with E-state index in [0.29, 0.717) is 11.1 Å². The van der Waals surface area contributed by atoms with Crippen LogP contribution >= 0.6 is 0 Å². The Bertz CT molecular complexity index is 483. The van der Waals surface area contributed by atoms with Gasteiger partial charge in [0.05, 0.1) is 13.2 Å². The molecule has 0 amide bonds. The van der Waals surface area contributed by atoms with Gasteiger partial charge in [-0.15, -0.1) is 0 Å². The van der Waals surface area contributed by atoms with Gasteiger partial charge in [0.2, 0.25) is 0 Å². The van der Waals surface area contributed by atoms with Crippen molar-refractivity contribution in [1.29, 1.82) is 0 Å². The molecule has 1 aromatic carbocycles. The Hall–Kier alpha value is -1.09. The van der Waals surface area contributed by atoms with E-state index in [9.17, 15) is 19.7 Å². The summed E-state index contributed by atoms with van der Waals surface area (Å²) in [7, 11) is 0. The standard InChI is InChI=1S/C14H19FO6/c1-7-2-3-8(4-9(7)15)14-20-11(6-17)12(19)13(21-14)10(18)5-16/h2-4,10-14,16-19H,5-6H2,1H3/t10-,11+,12-,13?,14?/m1/s1. The van der Waals surface area contributed by atoms with E-state index in [1.807, 2.05) is 0 Å². The number of hydrogen-bond donors (Lipinski definition) is 4. The van der Waals surface area contributed by atoms with E-state index in [0.717, 1.165) is 0 Å². The third kappa shape index (κ3) is 3.39. The van der Waals surface area contributed by atoms with Crippen molar-refractivity contribution in [2.45, 2.75) is 37.6 Å². The first-order valence-electron chi connectivity index (χ1n) is 6.62. The van der Waals surface area contributed by atoms with Crippen LogP contribution in [0.4, 0.5) is 4.39 Å².